The fraction of sp³-hybridized carbons (Fsp3) is 0.789. The summed E-state index contributed by atoms with van der Waals surface area (Å²) in [6.07, 6.45) is -2.26. The SMILES string of the molecule is CC(=O)OCC[C@H]1O[C@H]([C@H]2CC[C@@H](COC(C)=O)O2)[C@H](OC(C)=O)[C@H]1OC(C)=O. The van der Waals surface area contributed by atoms with E-state index in [0.29, 0.717) is 12.8 Å². The minimum atomic E-state index is -0.865. The molecule has 2 heterocycles. The van der Waals surface area contributed by atoms with Gasteiger partial charge in [-0.05, 0) is 12.8 Å². The number of ether oxygens (including phenoxy) is 6. The van der Waals surface area contributed by atoms with Gasteiger partial charge in [0.15, 0.2) is 12.2 Å². The second-order valence-electron chi connectivity index (χ2n) is 7.09. The van der Waals surface area contributed by atoms with Gasteiger partial charge >= 0.3 is 23.9 Å². The number of carbonyl (C=O) groups is 4. The Hall–Kier alpha value is -2.20. The largest absolute Gasteiger partial charge is 0.466 e. The summed E-state index contributed by atoms with van der Waals surface area (Å²) >= 11 is 0. The van der Waals surface area contributed by atoms with Gasteiger partial charge in [-0.1, -0.05) is 0 Å². The number of rotatable bonds is 8. The van der Waals surface area contributed by atoms with Crippen molar-refractivity contribution >= 4 is 23.9 Å². The van der Waals surface area contributed by atoms with Gasteiger partial charge in [-0.2, -0.15) is 0 Å². The first-order chi connectivity index (χ1) is 13.7. The Balaban J connectivity index is 2.11. The van der Waals surface area contributed by atoms with Crippen LogP contribution in [0.3, 0.4) is 0 Å². The Morgan fingerprint density at radius 2 is 1.41 bits per heavy atom. The van der Waals surface area contributed by atoms with Gasteiger partial charge in [-0.25, -0.2) is 0 Å². The van der Waals surface area contributed by atoms with Gasteiger partial charge in [0.25, 0.3) is 0 Å². The summed E-state index contributed by atoms with van der Waals surface area (Å²) in [6, 6.07) is 0. The average Bonchev–Trinajstić information content (AvgIpc) is 3.18. The Morgan fingerprint density at radius 3 is 2.00 bits per heavy atom. The van der Waals surface area contributed by atoms with E-state index in [-0.39, 0.29) is 25.7 Å². The molecule has 10 nitrogen and oxygen atoms in total. The van der Waals surface area contributed by atoms with Crippen LogP contribution in [0, 0.1) is 0 Å². The summed E-state index contributed by atoms with van der Waals surface area (Å²) < 4.78 is 32.7. The summed E-state index contributed by atoms with van der Waals surface area (Å²) in [6.45, 7) is 5.31. The van der Waals surface area contributed by atoms with Gasteiger partial charge in [-0.15, -0.1) is 0 Å². The molecule has 2 rings (SSSR count). The fourth-order valence-corrected chi connectivity index (χ4v) is 3.57. The second-order valence-corrected chi connectivity index (χ2v) is 7.09. The van der Waals surface area contributed by atoms with Crippen LogP contribution < -0.4 is 0 Å². The van der Waals surface area contributed by atoms with Crippen molar-refractivity contribution in [2.75, 3.05) is 13.2 Å². The standard InChI is InChI=1S/C19H28O10/c1-10(20)24-8-7-16-17(26-12(3)22)19(27-13(4)23)18(29-16)15-6-5-14(28-15)9-25-11(2)21/h14-19H,5-9H2,1-4H3/t14-,15+,16+,17-,18+,19+/m0/s1. The number of hydrogen-bond donors (Lipinski definition) is 0. The van der Waals surface area contributed by atoms with Crippen molar-refractivity contribution in [3.63, 3.8) is 0 Å². The molecule has 2 aliphatic rings. The Morgan fingerprint density at radius 1 is 0.793 bits per heavy atom. The van der Waals surface area contributed by atoms with Crippen LogP contribution in [0.15, 0.2) is 0 Å². The normalized spacial score (nSPS) is 31.2. The monoisotopic (exact) mass is 416 g/mol. The summed E-state index contributed by atoms with van der Waals surface area (Å²) in [4.78, 5) is 45.3. The zero-order chi connectivity index (χ0) is 21.6. The molecule has 164 valence electrons. The highest BCUT2D eigenvalue weighted by molar-refractivity contribution is 5.68. The molecule has 2 aliphatic heterocycles. The number of hydrogen-bond acceptors (Lipinski definition) is 10. The minimum absolute atomic E-state index is 0.0673. The van der Waals surface area contributed by atoms with Crippen molar-refractivity contribution in [3.05, 3.63) is 0 Å². The minimum Gasteiger partial charge on any atom is -0.466 e. The van der Waals surface area contributed by atoms with Gasteiger partial charge in [0, 0.05) is 34.1 Å². The molecule has 29 heavy (non-hydrogen) atoms. The van der Waals surface area contributed by atoms with E-state index >= 15 is 0 Å². The summed E-state index contributed by atoms with van der Waals surface area (Å²) in [5.74, 6) is -1.93. The maximum absolute atomic E-state index is 11.7. The molecule has 0 amide bonds. The molecule has 6 atom stereocenters. The van der Waals surface area contributed by atoms with Crippen LogP contribution in [0.4, 0.5) is 0 Å². The van der Waals surface area contributed by atoms with Gasteiger partial charge in [0.1, 0.15) is 18.8 Å². The summed E-state index contributed by atoms with van der Waals surface area (Å²) in [5.41, 5.74) is 0. The third-order valence-electron chi connectivity index (χ3n) is 4.64. The lowest BCUT2D eigenvalue weighted by Gasteiger charge is -2.26. The highest BCUT2D eigenvalue weighted by Crippen LogP contribution is 2.36. The summed E-state index contributed by atoms with van der Waals surface area (Å²) in [7, 11) is 0. The van der Waals surface area contributed by atoms with Crippen LogP contribution in [-0.4, -0.2) is 73.7 Å². The van der Waals surface area contributed by atoms with Gasteiger partial charge in [-0.3, -0.25) is 19.2 Å². The van der Waals surface area contributed by atoms with E-state index < -0.39 is 54.4 Å². The predicted molar refractivity (Wildman–Crippen MR) is 95.5 cm³/mol. The van der Waals surface area contributed by atoms with Crippen molar-refractivity contribution in [2.24, 2.45) is 0 Å². The summed E-state index contributed by atoms with van der Waals surface area (Å²) in [5, 5.41) is 0. The zero-order valence-electron chi connectivity index (χ0n) is 17.1. The van der Waals surface area contributed by atoms with E-state index in [1.54, 1.807) is 0 Å². The van der Waals surface area contributed by atoms with Crippen LogP contribution in [0.1, 0.15) is 47.0 Å². The lowest BCUT2D eigenvalue weighted by molar-refractivity contribution is -0.167. The topological polar surface area (TPSA) is 124 Å². The molecule has 0 unspecified atom stereocenters. The van der Waals surface area contributed by atoms with Crippen molar-refractivity contribution < 1.29 is 47.6 Å². The van der Waals surface area contributed by atoms with E-state index in [9.17, 15) is 19.2 Å². The van der Waals surface area contributed by atoms with E-state index in [2.05, 4.69) is 0 Å². The second kappa shape index (κ2) is 10.5. The van der Waals surface area contributed by atoms with Gasteiger partial charge < -0.3 is 28.4 Å². The van der Waals surface area contributed by atoms with Gasteiger partial charge in [0.05, 0.1) is 18.8 Å². The maximum Gasteiger partial charge on any atom is 0.303 e. The molecule has 2 fully saturated rings. The van der Waals surface area contributed by atoms with Crippen molar-refractivity contribution in [1.29, 1.82) is 0 Å². The molecule has 0 aliphatic carbocycles. The van der Waals surface area contributed by atoms with Crippen LogP contribution in [0.2, 0.25) is 0 Å². The fourth-order valence-electron chi connectivity index (χ4n) is 3.57. The van der Waals surface area contributed by atoms with E-state index in [1.807, 2.05) is 0 Å². The van der Waals surface area contributed by atoms with Gasteiger partial charge in [0.2, 0.25) is 0 Å². The van der Waals surface area contributed by atoms with Crippen LogP contribution in [0.5, 0.6) is 0 Å². The smallest absolute Gasteiger partial charge is 0.303 e. The van der Waals surface area contributed by atoms with E-state index in [4.69, 9.17) is 28.4 Å². The Bertz CT molecular complexity index is 618. The molecule has 0 radical (unpaired) electrons. The van der Waals surface area contributed by atoms with Crippen LogP contribution in [0.25, 0.3) is 0 Å². The molecule has 0 bridgehead atoms. The molecule has 0 N–H and O–H groups in total. The molecule has 0 aromatic rings. The quantitative estimate of drug-likeness (QED) is 0.412. The molecular weight excluding hydrogens is 388 g/mol. The van der Waals surface area contributed by atoms with Crippen LogP contribution >= 0.6 is 0 Å². The molecule has 0 spiro atoms. The molecule has 0 aromatic heterocycles. The lowest BCUT2D eigenvalue weighted by Crippen LogP contribution is -2.44. The maximum atomic E-state index is 11.7. The molecular formula is C19H28O10. The predicted octanol–water partition coefficient (Wildman–Crippen LogP) is 0.681. The number of carbonyl (C=O) groups excluding carboxylic acids is 4. The van der Waals surface area contributed by atoms with E-state index in [0.717, 1.165) is 0 Å². The third kappa shape index (κ3) is 6.97. The Kier molecular flexibility index (Phi) is 8.39. The first-order valence-corrected chi connectivity index (χ1v) is 9.59. The number of esters is 4. The molecule has 2 saturated heterocycles. The van der Waals surface area contributed by atoms with Crippen molar-refractivity contribution in [3.8, 4) is 0 Å². The van der Waals surface area contributed by atoms with Crippen molar-refractivity contribution in [2.45, 2.75) is 83.6 Å². The van der Waals surface area contributed by atoms with E-state index in [1.165, 1.54) is 27.7 Å². The van der Waals surface area contributed by atoms with Crippen LogP contribution in [-0.2, 0) is 47.6 Å². The highest BCUT2D eigenvalue weighted by Gasteiger charge is 2.53. The third-order valence-corrected chi connectivity index (χ3v) is 4.64. The molecule has 10 heteroatoms. The lowest BCUT2D eigenvalue weighted by atomic mass is 10.0. The van der Waals surface area contributed by atoms with Crippen molar-refractivity contribution in [1.82, 2.24) is 0 Å². The Labute approximate surface area is 169 Å². The zero-order valence-corrected chi connectivity index (χ0v) is 17.1. The highest BCUT2D eigenvalue weighted by atomic mass is 16.7. The molecule has 0 aromatic carbocycles. The molecule has 0 saturated carbocycles. The average molecular weight is 416 g/mol. The first-order valence-electron chi connectivity index (χ1n) is 9.59. The first kappa shape index (κ1) is 23.1.